The molecule has 0 amide bonds. The second-order valence-electron chi connectivity index (χ2n) is 6.77. The van der Waals surface area contributed by atoms with Gasteiger partial charge >= 0.3 is 0 Å². The topological polar surface area (TPSA) is 80.9 Å². The molecule has 0 spiro atoms. The van der Waals surface area contributed by atoms with Crippen molar-refractivity contribution in [2.45, 2.75) is 31.6 Å². The summed E-state index contributed by atoms with van der Waals surface area (Å²) in [7, 11) is 0. The highest BCUT2D eigenvalue weighted by Crippen LogP contribution is 2.36. The van der Waals surface area contributed by atoms with Crippen LogP contribution in [0.25, 0.3) is 0 Å². The Kier molecular flexibility index (Phi) is 5.87. The molecule has 0 unspecified atom stereocenters. The van der Waals surface area contributed by atoms with Crippen LogP contribution >= 0.6 is 0 Å². The fraction of sp³-hybridized carbons (Fsp3) is 0.217. The predicted molar refractivity (Wildman–Crippen MR) is 105 cm³/mol. The number of para-hydroxylation sites is 2. The first-order valence-corrected chi connectivity index (χ1v) is 9.10. The van der Waals surface area contributed by atoms with Gasteiger partial charge in [-0.05, 0) is 66.5 Å². The highest BCUT2D eigenvalue weighted by molar-refractivity contribution is 5.42. The van der Waals surface area contributed by atoms with Gasteiger partial charge in [0.1, 0.15) is 23.0 Å². The Morgan fingerprint density at radius 1 is 0.593 bits per heavy atom. The molecular formula is C23H24O4. The summed E-state index contributed by atoms with van der Waals surface area (Å²) in [5, 5.41) is 39.9. The van der Waals surface area contributed by atoms with Crippen LogP contribution in [0.4, 0.5) is 0 Å². The Morgan fingerprint density at radius 2 is 1.11 bits per heavy atom. The van der Waals surface area contributed by atoms with Crippen molar-refractivity contribution in [1.29, 1.82) is 0 Å². The number of rotatable bonds is 7. The summed E-state index contributed by atoms with van der Waals surface area (Å²) in [6.45, 7) is 0. The Morgan fingerprint density at radius 3 is 1.59 bits per heavy atom. The highest BCUT2D eigenvalue weighted by Gasteiger charge is 2.17. The molecular weight excluding hydrogens is 340 g/mol. The van der Waals surface area contributed by atoms with Crippen molar-refractivity contribution >= 4 is 0 Å². The van der Waals surface area contributed by atoms with Gasteiger partial charge < -0.3 is 20.4 Å². The van der Waals surface area contributed by atoms with Crippen LogP contribution < -0.4 is 0 Å². The Hall–Kier alpha value is -3.14. The van der Waals surface area contributed by atoms with Gasteiger partial charge in [0.05, 0.1) is 0 Å². The van der Waals surface area contributed by atoms with E-state index in [4.69, 9.17) is 0 Å². The Labute approximate surface area is 159 Å². The van der Waals surface area contributed by atoms with Crippen LogP contribution in [0.15, 0.2) is 66.7 Å². The number of phenolic OH excluding ortho intramolecular Hbond substituents is 4. The van der Waals surface area contributed by atoms with Crippen molar-refractivity contribution in [2.75, 3.05) is 0 Å². The van der Waals surface area contributed by atoms with Crippen LogP contribution in [0.5, 0.6) is 23.0 Å². The van der Waals surface area contributed by atoms with E-state index >= 15 is 0 Å². The lowest BCUT2D eigenvalue weighted by Crippen LogP contribution is -2.04. The van der Waals surface area contributed by atoms with Gasteiger partial charge in [-0.3, -0.25) is 0 Å². The summed E-state index contributed by atoms with van der Waals surface area (Å²) in [5.41, 5.74) is 2.49. The summed E-state index contributed by atoms with van der Waals surface area (Å²) in [5.74, 6) is 0.648. The van der Waals surface area contributed by atoms with Gasteiger partial charge in [-0.15, -0.1) is 0 Å². The zero-order chi connectivity index (χ0) is 19.2. The van der Waals surface area contributed by atoms with E-state index in [-0.39, 0.29) is 28.9 Å². The number of hydrogen-bond donors (Lipinski definition) is 4. The molecule has 4 N–H and O–H groups in total. The minimum atomic E-state index is 0.0183. The van der Waals surface area contributed by atoms with Gasteiger partial charge in [0.25, 0.3) is 0 Å². The van der Waals surface area contributed by atoms with Gasteiger partial charge in [-0.1, -0.05) is 42.5 Å². The first kappa shape index (κ1) is 18.6. The fourth-order valence-corrected chi connectivity index (χ4v) is 3.44. The quantitative estimate of drug-likeness (QED) is 0.483. The Balaban J connectivity index is 1.80. The molecule has 0 bridgehead atoms. The number of aryl methyl sites for hydroxylation is 2. The van der Waals surface area contributed by atoms with E-state index in [1.165, 1.54) is 6.07 Å². The molecule has 4 nitrogen and oxygen atoms in total. The van der Waals surface area contributed by atoms with Crippen LogP contribution in [0.2, 0.25) is 0 Å². The first-order chi connectivity index (χ1) is 13.0. The number of aromatic hydroxyl groups is 4. The van der Waals surface area contributed by atoms with Crippen molar-refractivity contribution < 1.29 is 20.4 Å². The van der Waals surface area contributed by atoms with Crippen molar-refractivity contribution in [3.8, 4) is 23.0 Å². The molecule has 0 aromatic heterocycles. The summed E-state index contributed by atoms with van der Waals surface area (Å²) in [4.78, 5) is 0. The van der Waals surface area contributed by atoms with E-state index in [1.807, 2.05) is 24.3 Å². The zero-order valence-corrected chi connectivity index (χ0v) is 15.0. The van der Waals surface area contributed by atoms with E-state index in [1.54, 1.807) is 36.4 Å². The van der Waals surface area contributed by atoms with Crippen molar-refractivity contribution in [1.82, 2.24) is 0 Å². The van der Waals surface area contributed by atoms with Gasteiger partial charge in [0, 0.05) is 6.07 Å². The molecule has 0 atom stereocenters. The van der Waals surface area contributed by atoms with E-state index in [9.17, 15) is 20.4 Å². The fourth-order valence-electron chi connectivity index (χ4n) is 3.44. The molecule has 3 aromatic rings. The summed E-state index contributed by atoms with van der Waals surface area (Å²) in [6.07, 6.45) is 2.78. The Bertz CT molecular complexity index is 855. The molecule has 0 heterocycles. The molecule has 4 heteroatoms. The first-order valence-electron chi connectivity index (χ1n) is 9.10. The number of benzene rings is 3. The molecule has 0 aliphatic carbocycles. The van der Waals surface area contributed by atoms with Crippen LogP contribution in [0.1, 0.15) is 35.4 Å². The maximum absolute atomic E-state index is 10.3. The van der Waals surface area contributed by atoms with Crippen molar-refractivity contribution in [3.05, 3.63) is 83.4 Å². The monoisotopic (exact) mass is 364 g/mol. The van der Waals surface area contributed by atoms with Crippen LogP contribution in [-0.2, 0) is 12.8 Å². The molecule has 0 saturated heterocycles. The van der Waals surface area contributed by atoms with Crippen LogP contribution in [-0.4, -0.2) is 20.4 Å². The maximum Gasteiger partial charge on any atom is 0.122 e. The standard InChI is InChI=1S/C23H24O4/c24-19-13-14-20(23(27)15-19)16(9-11-17-5-1-3-7-21(17)25)10-12-18-6-2-4-8-22(18)26/h1-8,13-16,24-27H,9-12H2. The molecule has 3 rings (SSSR count). The molecule has 0 aliphatic heterocycles. The van der Waals surface area contributed by atoms with Crippen molar-refractivity contribution in [3.63, 3.8) is 0 Å². The number of phenols is 4. The van der Waals surface area contributed by atoms with Crippen LogP contribution in [0, 0.1) is 0 Å². The summed E-state index contributed by atoms with van der Waals surface area (Å²) < 4.78 is 0. The second kappa shape index (κ2) is 8.49. The maximum atomic E-state index is 10.3. The second-order valence-corrected chi connectivity index (χ2v) is 6.77. The average molecular weight is 364 g/mol. The summed E-state index contributed by atoms with van der Waals surface area (Å²) >= 11 is 0. The third-order valence-corrected chi connectivity index (χ3v) is 4.96. The van der Waals surface area contributed by atoms with Gasteiger partial charge in [0.2, 0.25) is 0 Å². The molecule has 27 heavy (non-hydrogen) atoms. The van der Waals surface area contributed by atoms with Gasteiger partial charge in [0.15, 0.2) is 0 Å². The minimum Gasteiger partial charge on any atom is -0.508 e. The highest BCUT2D eigenvalue weighted by atomic mass is 16.3. The minimum absolute atomic E-state index is 0.0183. The van der Waals surface area contributed by atoms with E-state index in [0.29, 0.717) is 12.8 Å². The molecule has 0 fully saturated rings. The van der Waals surface area contributed by atoms with E-state index in [2.05, 4.69) is 0 Å². The lowest BCUT2D eigenvalue weighted by atomic mass is 9.86. The number of hydrogen-bond acceptors (Lipinski definition) is 4. The molecule has 0 radical (unpaired) electrons. The van der Waals surface area contributed by atoms with Crippen LogP contribution in [0.3, 0.4) is 0 Å². The molecule has 0 saturated carbocycles. The molecule has 0 aliphatic rings. The predicted octanol–water partition coefficient (Wildman–Crippen LogP) is 4.86. The summed E-state index contributed by atoms with van der Waals surface area (Å²) in [6, 6.07) is 19.2. The largest absolute Gasteiger partial charge is 0.508 e. The average Bonchev–Trinajstić information content (AvgIpc) is 2.65. The molecule has 3 aromatic carbocycles. The van der Waals surface area contributed by atoms with Gasteiger partial charge in [-0.25, -0.2) is 0 Å². The van der Waals surface area contributed by atoms with Gasteiger partial charge in [-0.2, -0.15) is 0 Å². The lowest BCUT2D eigenvalue weighted by Gasteiger charge is -2.19. The van der Waals surface area contributed by atoms with Crippen molar-refractivity contribution in [2.24, 2.45) is 0 Å². The smallest absolute Gasteiger partial charge is 0.122 e. The normalized spacial score (nSPS) is 11.0. The zero-order valence-electron chi connectivity index (χ0n) is 15.0. The third-order valence-electron chi connectivity index (χ3n) is 4.96. The van der Waals surface area contributed by atoms with E-state index < -0.39 is 0 Å². The lowest BCUT2D eigenvalue weighted by molar-refractivity contribution is 0.433. The molecule has 140 valence electrons. The SMILES string of the molecule is Oc1ccc(C(CCc2ccccc2O)CCc2ccccc2O)c(O)c1. The third kappa shape index (κ3) is 4.73. The van der Waals surface area contributed by atoms with E-state index in [0.717, 1.165) is 29.5 Å².